The van der Waals surface area contributed by atoms with Gasteiger partial charge in [-0.25, -0.2) is 0 Å². The summed E-state index contributed by atoms with van der Waals surface area (Å²) in [6, 6.07) is 70.1. The Hall–Kier alpha value is -6.90. The number of nitrogens with zero attached hydrogens (tertiary/aromatic N) is 2. The van der Waals surface area contributed by atoms with Gasteiger partial charge in [-0.2, -0.15) is 0 Å². The predicted molar refractivity (Wildman–Crippen MR) is 227 cm³/mol. The smallest absolute Gasteiger partial charge is 0.0541 e. The Labute approximate surface area is 311 Å². The molecule has 0 spiro atoms. The SMILES string of the molecule is C=Cc1cccc(-c2cccc(N(c3ccc(-c4cccc(C)c4)cc3)c3ccc(-c4ccc5c(c4)c4ccccc4n5-c4ccccc4)cc3)c2)c1. The number of hydrogen-bond acceptors (Lipinski definition) is 1. The zero-order chi connectivity index (χ0) is 35.7. The number of benzene rings is 8. The highest BCUT2D eigenvalue weighted by Crippen LogP contribution is 2.40. The summed E-state index contributed by atoms with van der Waals surface area (Å²) in [5.41, 5.74) is 16.4. The Balaban J connectivity index is 1.12. The van der Waals surface area contributed by atoms with Gasteiger partial charge in [0, 0.05) is 33.5 Å². The molecule has 1 aromatic heterocycles. The predicted octanol–water partition coefficient (Wildman–Crippen LogP) is 14.2. The molecule has 0 bridgehead atoms. The molecular weight excluding hydrogens is 641 g/mol. The summed E-state index contributed by atoms with van der Waals surface area (Å²) in [5, 5.41) is 2.50. The lowest BCUT2D eigenvalue weighted by Gasteiger charge is -2.26. The van der Waals surface area contributed by atoms with Crippen molar-refractivity contribution < 1.29 is 0 Å². The molecular formula is C51H38N2. The average Bonchev–Trinajstić information content (AvgIpc) is 3.56. The highest BCUT2D eigenvalue weighted by Gasteiger charge is 2.16. The van der Waals surface area contributed by atoms with E-state index < -0.39 is 0 Å². The fourth-order valence-electron chi connectivity index (χ4n) is 7.56. The zero-order valence-corrected chi connectivity index (χ0v) is 29.7. The van der Waals surface area contributed by atoms with Crippen LogP contribution in [0.2, 0.25) is 0 Å². The molecule has 0 radical (unpaired) electrons. The van der Waals surface area contributed by atoms with Gasteiger partial charge >= 0.3 is 0 Å². The van der Waals surface area contributed by atoms with E-state index in [4.69, 9.17) is 0 Å². The van der Waals surface area contributed by atoms with Gasteiger partial charge in [0.05, 0.1) is 11.0 Å². The number of fused-ring (bicyclic) bond motifs is 3. The van der Waals surface area contributed by atoms with Gasteiger partial charge in [0.1, 0.15) is 0 Å². The lowest BCUT2D eigenvalue weighted by Crippen LogP contribution is -2.10. The molecule has 0 unspecified atom stereocenters. The molecule has 9 rings (SSSR count). The molecule has 0 aliphatic heterocycles. The van der Waals surface area contributed by atoms with E-state index in [1.807, 2.05) is 6.08 Å². The van der Waals surface area contributed by atoms with Crippen molar-refractivity contribution in [2.24, 2.45) is 0 Å². The third kappa shape index (κ3) is 6.11. The maximum atomic E-state index is 3.99. The molecule has 0 atom stereocenters. The minimum atomic E-state index is 1.09. The van der Waals surface area contributed by atoms with Crippen LogP contribution < -0.4 is 4.90 Å². The first-order valence-corrected chi connectivity index (χ1v) is 18.1. The highest BCUT2D eigenvalue weighted by atomic mass is 15.1. The summed E-state index contributed by atoms with van der Waals surface area (Å²) in [6.07, 6.45) is 1.90. The van der Waals surface area contributed by atoms with E-state index in [0.29, 0.717) is 0 Å². The van der Waals surface area contributed by atoms with Crippen molar-refractivity contribution in [3.63, 3.8) is 0 Å². The summed E-state index contributed by atoms with van der Waals surface area (Å²) < 4.78 is 2.36. The Bertz CT molecular complexity index is 2740. The lowest BCUT2D eigenvalue weighted by atomic mass is 10.0. The maximum absolute atomic E-state index is 3.99. The van der Waals surface area contributed by atoms with Gasteiger partial charge in [0.15, 0.2) is 0 Å². The van der Waals surface area contributed by atoms with Gasteiger partial charge < -0.3 is 9.47 Å². The van der Waals surface area contributed by atoms with Crippen LogP contribution in [0.25, 0.3) is 66.9 Å². The van der Waals surface area contributed by atoms with Crippen LogP contribution in [0.1, 0.15) is 11.1 Å². The molecule has 0 fully saturated rings. The Morgan fingerprint density at radius 1 is 0.415 bits per heavy atom. The van der Waals surface area contributed by atoms with E-state index >= 15 is 0 Å². The van der Waals surface area contributed by atoms with E-state index in [0.717, 1.165) is 28.2 Å². The first-order valence-electron chi connectivity index (χ1n) is 18.1. The largest absolute Gasteiger partial charge is 0.310 e. The van der Waals surface area contributed by atoms with E-state index in [9.17, 15) is 0 Å². The van der Waals surface area contributed by atoms with Crippen LogP contribution in [-0.4, -0.2) is 4.57 Å². The second-order valence-corrected chi connectivity index (χ2v) is 13.6. The van der Waals surface area contributed by atoms with Gasteiger partial charge in [0.25, 0.3) is 0 Å². The number of hydrogen-bond donors (Lipinski definition) is 0. The molecule has 0 aliphatic rings. The number of aromatic nitrogens is 1. The number of para-hydroxylation sites is 2. The number of rotatable bonds is 8. The molecule has 0 N–H and O–H groups in total. The minimum Gasteiger partial charge on any atom is -0.310 e. The Morgan fingerprint density at radius 2 is 0.981 bits per heavy atom. The summed E-state index contributed by atoms with van der Waals surface area (Å²) in [7, 11) is 0. The van der Waals surface area contributed by atoms with Crippen LogP contribution in [0, 0.1) is 6.92 Å². The van der Waals surface area contributed by atoms with Crippen LogP contribution in [-0.2, 0) is 0 Å². The second-order valence-electron chi connectivity index (χ2n) is 13.6. The number of aryl methyl sites for hydroxylation is 1. The molecule has 0 amide bonds. The summed E-state index contributed by atoms with van der Waals surface area (Å²) in [4.78, 5) is 2.35. The van der Waals surface area contributed by atoms with Crippen LogP contribution in [0.5, 0.6) is 0 Å². The van der Waals surface area contributed by atoms with Crippen molar-refractivity contribution in [1.29, 1.82) is 0 Å². The molecule has 1 heterocycles. The third-order valence-corrected chi connectivity index (χ3v) is 10.2. The average molecular weight is 679 g/mol. The molecule has 0 saturated carbocycles. The van der Waals surface area contributed by atoms with Gasteiger partial charge in [-0.1, -0.05) is 140 Å². The van der Waals surface area contributed by atoms with Crippen LogP contribution in [0.15, 0.2) is 201 Å². The molecule has 0 aliphatic carbocycles. The van der Waals surface area contributed by atoms with E-state index in [-0.39, 0.29) is 0 Å². The number of anilines is 3. The quantitative estimate of drug-likeness (QED) is 0.155. The maximum Gasteiger partial charge on any atom is 0.0541 e. The van der Waals surface area contributed by atoms with Crippen molar-refractivity contribution in [2.45, 2.75) is 6.92 Å². The second kappa shape index (κ2) is 13.7. The molecule has 2 heteroatoms. The summed E-state index contributed by atoms with van der Waals surface area (Å²) >= 11 is 0. The Kier molecular flexibility index (Phi) is 8.26. The van der Waals surface area contributed by atoms with Crippen LogP contribution in [0.3, 0.4) is 0 Å². The van der Waals surface area contributed by atoms with Crippen molar-refractivity contribution in [3.05, 3.63) is 212 Å². The molecule has 252 valence electrons. The standard InChI is InChI=1S/C51H38N2/c1-3-37-13-10-15-41(33-37)42-16-11-19-47(34-42)52(45-27-22-38(23-28-45)40-14-9-12-36(2)32-40)46-29-24-39(25-30-46)43-26-31-51-49(35-43)48-20-7-8-21-50(48)53(51)44-17-5-4-6-18-44/h3-35H,1H2,2H3. The van der Waals surface area contributed by atoms with Crippen molar-refractivity contribution >= 4 is 44.9 Å². The zero-order valence-electron chi connectivity index (χ0n) is 29.7. The van der Waals surface area contributed by atoms with E-state index in [1.165, 1.54) is 60.9 Å². The van der Waals surface area contributed by atoms with Crippen LogP contribution in [0.4, 0.5) is 17.1 Å². The highest BCUT2D eigenvalue weighted by molar-refractivity contribution is 6.10. The van der Waals surface area contributed by atoms with Crippen molar-refractivity contribution in [3.8, 4) is 39.1 Å². The van der Waals surface area contributed by atoms with Crippen molar-refractivity contribution in [2.75, 3.05) is 4.90 Å². The topological polar surface area (TPSA) is 8.17 Å². The minimum absolute atomic E-state index is 1.09. The first-order chi connectivity index (χ1) is 26.1. The Morgan fingerprint density at radius 3 is 1.68 bits per heavy atom. The van der Waals surface area contributed by atoms with Gasteiger partial charge in [0.2, 0.25) is 0 Å². The van der Waals surface area contributed by atoms with E-state index in [1.54, 1.807) is 0 Å². The summed E-state index contributed by atoms with van der Waals surface area (Å²) in [5.74, 6) is 0. The summed E-state index contributed by atoms with van der Waals surface area (Å²) in [6.45, 7) is 6.13. The normalized spacial score (nSPS) is 11.2. The van der Waals surface area contributed by atoms with Gasteiger partial charge in [-0.15, -0.1) is 0 Å². The molecule has 8 aromatic carbocycles. The lowest BCUT2D eigenvalue weighted by molar-refractivity contribution is 1.18. The monoisotopic (exact) mass is 678 g/mol. The fraction of sp³-hybridized carbons (Fsp3) is 0.0196. The van der Waals surface area contributed by atoms with Gasteiger partial charge in [-0.05, 0) is 119 Å². The van der Waals surface area contributed by atoms with Crippen LogP contribution >= 0.6 is 0 Å². The molecule has 0 saturated heterocycles. The van der Waals surface area contributed by atoms with Gasteiger partial charge in [-0.3, -0.25) is 0 Å². The fourth-order valence-corrected chi connectivity index (χ4v) is 7.56. The third-order valence-electron chi connectivity index (χ3n) is 10.2. The first kappa shape index (κ1) is 32.0. The molecule has 53 heavy (non-hydrogen) atoms. The molecule has 9 aromatic rings. The van der Waals surface area contributed by atoms with E-state index in [2.05, 4.69) is 217 Å². The molecule has 2 nitrogen and oxygen atoms in total. The van der Waals surface area contributed by atoms with Crippen molar-refractivity contribution in [1.82, 2.24) is 4.57 Å².